The Labute approximate surface area is 231 Å². The van der Waals surface area contributed by atoms with E-state index in [0.29, 0.717) is 0 Å². The number of carbonyl (C=O) groups excluding carboxylic acids is 3. The number of ether oxygens (including phenoxy) is 3. The van der Waals surface area contributed by atoms with E-state index in [-0.39, 0.29) is 46.2 Å². The minimum absolute atomic E-state index is 0.0194. The maximum Gasteiger partial charge on any atom is 0.202 e. The summed E-state index contributed by atoms with van der Waals surface area (Å²) in [6.07, 6.45) is -4.62. The lowest BCUT2D eigenvalue weighted by atomic mass is 9.72. The van der Waals surface area contributed by atoms with Crippen LogP contribution in [0.1, 0.15) is 68.8 Å². The molecule has 1 aliphatic heterocycles. The first kappa shape index (κ1) is 27.7. The molecule has 2 unspecified atom stereocenters. The van der Waals surface area contributed by atoms with Gasteiger partial charge in [-0.2, -0.15) is 0 Å². The predicted octanol–water partition coefficient (Wildman–Crippen LogP) is 1.40. The Morgan fingerprint density at radius 1 is 1.18 bits per heavy atom. The van der Waals surface area contributed by atoms with Gasteiger partial charge in [0.05, 0.1) is 47.4 Å². The summed E-state index contributed by atoms with van der Waals surface area (Å²) in [5, 5.41) is 44.2. The van der Waals surface area contributed by atoms with Crippen molar-refractivity contribution >= 4 is 33.3 Å². The summed E-state index contributed by atoms with van der Waals surface area (Å²) >= 11 is 3.07. The Balaban J connectivity index is 1.69. The molecule has 1 heterocycles. The zero-order chi connectivity index (χ0) is 28.4. The molecule has 0 amide bonds. The molecule has 0 bridgehead atoms. The van der Waals surface area contributed by atoms with Crippen molar-refractivity contribution in [1.29, 1.82) is 0 Å². The number of ketones is 3. The predicted molar refractivity (Wildman–Crippen MR) is 138 cm³/mol. The molecule has 0 spiro atoms. The summed E-state index contributed by atoms with van der Waals surface area (Å²) in [6.45, 7) is 1.61. The molecule has 208 valence electrons. The number of hydrogen-bond acceptors (Lipinski definition) is 11. The first-order valence-corrected chi connectivity index (χ1v) is 13.5. The minimum atomic E-state index is -2.04. The lowest BCUT2D eigenvalue weighted by molar-refractivity contribution is -0.247. The van der Waals surface area contributed by atoms with Crippen LogP contribution in [0, 0.1) is 0 Å². The van der Waals surface area contributed by atoms with Gasteiger partial charge in [0.1, 0.15) is 22.8 Å². The topological polar surface area (TPSA) is 186 Å². The van der Waals surface area contributed by atoms with Crippen molar-refractivity contribution in [3.05, 3.63) is 51.6 Å². The van der Waals surface area contributed by atoms with E-state index < -0.39 is 82.6 Å². The van der Waals surface area contributed by atoms with Gasteiger partial charge in [-0.25, -0.2) is 0 Å². The number of aromatic hydroxyl groups is 2. The fourth-order valence-corrected chi connectivity index (χ4v) is 6.25. The largest absolute Gasteiger partial charge is 0.507 e. The number of methoxy groups -OCH3 is 1. The van der Waals surface area contributed by atoms with E-state index in [2.05, 4.69) is 15.9 Å². The van der Waals surface area contributed by atoms with Crippen LogP contribution in [0.5, 0.6) is 17.2 Å². The van der Waals surface area contributed by atoms with E-state index in [1.165, 1.54) is 25.3 Å². The van der Waals surface area contributed by atoms with Crippen molar-refractivity contribution in [3.63, 3.8) is 0 Å². The molecular weight excluding hydrogens is 578 g/mol. The molecule has 1 saturated heterocycles. The van der Waals surface area contributed by atoms with Gasteiger partial charge >= 0.3 is 0 Å². The first-order chi connectivity index (χ1) is 18.4. The van der Waals surface area contributed by atoms with Crippen molar-refractivity contribution in [3.8, 4) is 17.2 Å². The molecule has 2 aliphatic carbocycles. The Hall–Kier alpha value is -2.87. The van der Waals surface area contributed by atoms with Crippen LogP contribution in [-0.2, 0) is 20.7 Å². The Bertz CT molecular complexity index is 1380. The summed E-state index contributed by atoms with van der Waals surface area (Å²) in [6, 6.07) is 3.74. The number of fused-ring (bicyclic) bond motifs is 3. The maximum atomic E-state index is 13.7. The van der Waals surface area contributed by atoms with E-state index >= 15 is 0 Å². The number of halogens is 1. The van der Waals surface area contributed by atoms with Gasteiger partial charge < -0.3 is 40.4 Å². The number of phenolic OH excluding ortho intramolecular Hbond substituents is 2. The highest BCUT2D eigenvalue weighted by Crippen LogP contribution is 2.52. The third-order valence-corrected chi connectivity index (χ3v) is 8.29. The molecule has 0 radical (unpaired) electrons. The molecule has 6 N–H and O–H groups in total. The third kappa shape index (κ3) is 4.26. The SMILES string of the molecule is COc1cccc2c1C(=O)c1c(O)c3c(c(O)c1C2=O)C[C@@](O)(C(=O)CBr)C[C@@H]3O[C@H]1CC(N)[C@H](O)C(C)O1. The second-order valence-electron chi connectivity index (χ2n) is 10.1. The van der Waals surface area contributed by atoms with Crippen LogP contribution in [0.2, 0.25) is 0 Å². The summed E-state index contributed by atoms with van der Waals surface area (Å²) in [4.78, 5) is 40.0. The molecule has 5 rings (SSSR count). The van der Waals surface area contributed by atoms with Crippen LogP contribution in [0.4, 0.5) is 0 Å². The van der Waals surface area contributed by atoms with Crippen LogP contribution in [0.15, 0.2) is 18.2 Å². The number of rotatable bonds is 5. The number of aliphatic hydroxyl groups excluding tert-OH is 1. The second-order valence-corrected chi connectivity index (χ2v) is 10.7. The molecule has 3 aliphatic rings. The molecule has 12 heteroatoms. The number of Topliss-reactive ketones (excluding diaryl/α,β-unsaturated/α-hetero) is 1. The zero-order valence-electron chi connectivity index (χ0n) is 21.1. The molecule has 39 heavy (non-hydrogen) atoms. The fraction of sp³-hybridized carbons (Fsp3) is 0.444. The van der Waals surface area contributed by atoms with Crippen molar-refractivity contribution in [2.75, 3.05) is 12.4 Å². The molecular formula is C27H28BrNO10. The van der Waals surface area contributed by atoms with E-state index in [4.69, 9.17) is 19.9 Å². The average molecular weight is 606 g/mol. The van der Waals surface area contributed by atoms with E-state index in [1.54, 1.807) is 6.92 Å². The van der Waals surface area contributed by atoms with Crippen LogP contribution < -0.4 is 10.5 Å². The highest BCUT2D eigenvalue weighted by molar-refractivity contribution is 9.09. The number of alkyl halides is 1. The first-order valence-electron chi connectivity index (χ1n) is 12.4. The van der Waals surface area contributed by atoms with Crippen molar-refractivity contribution in [1.82, 2.24) is 0 Å². The van der Waals surface area contributed by atoms with Crippen LogP contribution in [0.3, 0.4) is 0 Å². The number of carbonyl (C=O) groups is 3. The van der Waals surface area contributed by atoms with Gasteiger partial charge in [-0.05, 0) is 13.0 Å². The Kier molecular flexibility index (Phi) is 7.06. The summed E-state index contributed by atoms with van der Waals surface area (Å²) in [5.41, 5.74) is 2.91. The van der Waals surface area contributed by atoms with Crippen molar-refractivity contribution < 1.29 is 49.0 Å². The zero-order valence-corrected chi connectivity index (χ0v) is 22.7. The Morgan fingerprint density at radius 2 is 1.87 bits per heavy atom. The standard InChI is InChI=1S/C27H28BrNO10/c1-10-22(31)13(29)6-17(38-10)39-15-8-27(36,16(30)9-28)7-12-19(15)26(35)21-20(24(12)33)23(32)11-4-3-5-14(37-2)18(11)25(21)34/h3-5,10,13,15,17,22,31,33,35-36H,6-9,29H2,1-2H3/t10?,13?,15-,17-,22+,27-/m0/s1. The third-order valence-electron chi connectivity index (χ3n) is 7.78. The van der Waals surface area contributed by atoms with E-state index in [0.717, 1.165) is 0 Å². The van der Waals surface area contributed by atoms with Gasteiger partial charge in [-0.3, -0.25) is 14.4 Å². The minimum Gasteiger partial charge on any atom is -0.507 e. The smallest absolute Gasteiger partial charge is 0.202 e. The molecule has 0 aromatic heterocycles. The number of nitrogens with two attached hydrogens (primary N) is 1. The summed E-state index contributed by atoms with van der Waals surface area (Å²) < 4.78 is 17.1. The Morgan fingerprint density at radius 3 is 2.51 bits per heavy atom. The van der Waals surface area contributed by atoms with Crippen LogP contribution in [0.25, 0.3) is 0 Å². The normalized spacial score (nSPS) is 29.8. The monoisotopic (exact) mass is 605 g/mol. The van der Waals surface area contributed by atoms with Gasteiger partial charge in [0.15, 0.2) is 17.9 Å². The van der Waals surface area contributed by atoms with Gasteiger partial charge in [0.25, 0.3) is 0 Å². The molecule has 6 atom stereocenters. The van der Waals surface area contributed by atoms with Gasteiger partial charge in [0, 0.05) is 42.0 Å². The number of benzene rings is 2. The fourth-order valence-electron chi connectivity index (χ4n) is 5.73. The quantitative estimate of drug-likeness (QED) is 0.209. The highest BCUT2D eigenvalue weighted by atomic mass is 79.9. The number of hydrogen-bond donors (Lipinski definition) is 5. The summed E-state index contributed by atoms with van der Waals surface area (Å²) in [5.74, 6) is -3.20. The van der Waals surface area contributed by atoms with E-state index in [1.807, 2.05) is 0 Å². The average Bonchev–Trinajstić information content (AvgIpc) is 2.90. The van der Waals surface area contributed by atoms with Crippen molar-refractivity contribution in [2.24, 2.45) is 5.73 Å². The van der Waals surface area contributed by atoms with Gasteiger partial charge in [-0.15, -0.1) is 0 Å². The van der Waals surface area contributed by atoms with Crippen LogP contribution in [-0.4, -0.2) is 80.4 Å². The molecule has 1 fully saturated rings. The van der Waals surface area contributed by atoms with Gasteiger partial charge in [-0.1, -0.05) is 28.1 Å². The molecule has 11 nitrogen and oxygen atoms in total. The highest BCUT2D eigenvalue weighted by Gasteiger charge is 2.50. The van der Waals surface area contributed by atoms with E-state index in [9.17, 15) is 34.8 Å². The van der Waals surface area contributed by atoms with Crippen LogP contribution >= 0.6 is 15.9 Å². The second kappa shape index (κ2) is 9.95. The summed E-state index contributed by atoms with van der Waals surface area (Å²) in [7, 11) is 1.34. The van der Waals surface area contributed by atoms with Crippen molar-refractivity contribution in [2.45, 2.75) is 62.4 Å². The maximum absolute atomic E-state index is 13.7. The number of phenols is 2. The molecule has 0 saturated carbocycles. The molecule has 2 aromatic carbocycles. The van der Waals surface area contributed by atoms with Gasteiger partial charge in [0.2, 0.25) is 5.78 Å². The lowest BCUT2D eigenvalue weighted by Crippen LogP contribution is -2.52. The molecule has 2 aromatic rings. The lowest BCUT2D eigenvalue weighted by Gasteiger charge is -2.42. The number of aliphatic hydroxyl groups is 2.